The lowest BCUT2D eigenvalue weighted by molar-refractivity contribution is -0.163. The van der Waals surface area contributed by atoms with E-state index in [0.717, 1.165) is 5.56 Å². The van der Waals surface area contributed by atoms with Crippen molar-refractivity contribution in [3.05, 3.63) is 29.8 Å². The van der Waals surface area contributed by atoms with Gasteiger partial charge in [0.15, 0.2) is 6.10 Å². The Morgan fingerprint density at radius 3 is 2.17 bits per heavy atom. The number of carbonyl (C=O) groups excluding carboxylic acids is 6. The molecule has 1 spiro atoms. The van der Waals surface area contributed by atoms with E-state index in [2.05, 4.69) is 10.6 Å². The van der Waals surface area contributed by atoms with E-state index in [0.29, 0.717) is 31.4 Å². The number of ether oxygens (including phenoxy) is 3. The van der Waals surface area contributed by atoms with Crippen LogP contribution in [0.3, 0.4) is 0 Å². The Labute approximate surface area is 312 Å². The number of amides is 4. The van der Waals surface area contributed by atoms with Crippen LogP contribution in [0.25, 0.3) is 0 Å². The molecule has 1 unspecified atom stereocenters. The van der Waals surface area contributed by atoms with E-state index >= 15 is 0 Å². The Bertz CT molecular complexity index is 1490. The molecular formula is C39H58N4O10. The zero-order chi connectivity index (χ0) is 39.2. The summed E-state index contributed by atoms with van der Waals surface area (Å²) < 4.78 is 17.0. The van der Waals surface area contributed by atoms with Crippen molar-refractivity contribution in [2.75, 3.05) is 20.7 Å². The molecule has 1 aromatic carbocycles. The Balaban J connectivity index is 1.73. The third kappa shape index (κ3) is 10.7. The molecule has 4 amide bonds. The highest BCUT2D eigenvalue weighted by Gasteiger charge is 2.51. The van der Waals surface area contributed by atoms with Gasteiger partial charge in [-0.15, -0.1) is 0 Å². The molecule has 53 heavy (non-hydrogen) atoms. The number of methoxy groups -OCH3 is 1. The predicted molar refractivity (Wildman–Crippen MR) is 194 cm³/mol. The van der Waals surface area contributed by atoms with E-state index in [1.807, 2.05) is 13.8 Å². The number of aliphatic hydroxyl groups is 1. The zero-order valence-corrected chi connectivity index (χ0v) is 32.4. The summed E-state index contributed by atoms with van der Waals surface area (Å²) in [5.74, 6) is -3.72. The highest BCUT2D eigenvalue weighted by molar-refractivity contribution is 5.95. The van der Waals surface area contributed by atoms with E-state index in [4.69, 9.17) is 14.2 Å². The normalized spacial score (nSPS) is 28.0. The number of nitrogens with zero attached hydrogens (tertiary/aromatic N) is 2. The second-order valence-electron chi connectivity index (χ2n) is 15.9. The summed E-state index contributed by atoms with van der Waals surface area (Å²) in [4.78, 5) is 85.7. The second-order valence-corrected chi connectivity index (χ2v) is 15.9. The monoisotopic (exact) mass is 742 g/mol. The molecule has 2 heterocycles. The largest absolute Gasteiger partial charge is 0.497 e. The van der Waals surface area contributed by atoms with Gasteiger partial charge in [0.1, 0.15) is 29.5 Å². The highest BCUT2D eigenvalue weighted by atomic mass is 16.6. The lowest BCUT2D eigenvalue weighted by Crippen LogP contribution is -2.57. The first-order valence-electron chi connectivity index (χ1n) is 18.9. The van der Waals surface area contributed by atoms with Crippen molar-refractivity contribution >= 4 is 35.6 Å². The fourth-order valence-corrected chi connectivity index (χ4v) is 7.14. The highest BCUT2D eigenvalue weighted by Crippen LogP contribution is 2.43. The van der Waals surface area contributed by atoms with Gasteiger partial charge in [0, 0.05) is 20.0 Å². The number of carbonyl (C=O) groups is 6. The summed E-state index contributed by atoms with van der Waals surface area (Å²) in [6.45, 7) is 11.1. The van der Waals surface area contributed by atoms with Crippen molar-refractivity contribution in [2.24, 2.45) is 17.8 Å². The van der Waals surface area contributed by atoms with Crippen molar-refractivity contribution in [2.45, 2.75) is 135 Å². The van der Waals surface area contributed by atoms with Crippen LogP contribution in [0.4, 0.5) is 0 Å². The fraction of sp³-hybridized carbons (Fsp3) is 0.692. The first-order chi connectivity index (χ1) is 24.9. The van der Waals surface area contributed by atoms with Gasteiger partial charge >= 0.3 is 11.9 Å². The number of esters is 2. The van der Waals surface area contributed by atoms with Crippen molar-refractivity contribution in [1.82, 2.24) is 20.4 Å². The van der Waals surface area contributed by atoms with Crippen LogP contribution in [0, 0.1) is 17.8 Å². The molecule has 0 bridgehead atoms. The molecule has 4 rings (SSSR count). The van der Waals surface area contributed by atoms with Crippen LogP contribution in [0.1, 0.15) is 92.1 Å². The van der Waals surface area contributed by atoms with Crippen LogP contribution in [0.15, 0.2) is 24.3 Å². The van der Waals surface area contributed by atoms with Gasteiger partial charge in [0.05, 0.1) is 32.1 Å². The molecule has 6 atom stereocenters. The summed E-state index contributed by atoms with van der Waals surface area (Å²) >= 11 is 0. The minimum atomic E-state index is -1.34. The third-order valence-corrected chi connectivity index (χ3v) is 10.4. The predicted octanol–water partition coefficient (Wildman–Crippen LogP) is 2.53. The maximum absolute atomic E-state index is 14.3. The summed E-state index contributed by atoms with van der Waals surface area (Å²) in [5.41, 5.74) is -0.353. The Morgan fingerprint density at radius 2 is 1.60 bits per heavy atom. The van der Waals surface area contributed by atoms with Crippen molar-refractivity contribution in [3.8, 4) is 5.75 Å². The number of nitrogens with one attached hydrogen (secondary N) is 2. The van der Waals surface area contributed by atoms with E-state index in [9.17, 15) is 33.9 Å². The number of rotatable bonds is 7. The maximum atomic E-state index is 14.3. The van der Waals surface area contributed by atoms with Gasteiger partial charge in [-0.25, -0.2) is 4.79 Å². The molecule has 1 aliphatic carbocycles. The zero-order valence-electron chi connectivity index (χ0n) is 32.4. The van der Waals surface area contributed by atoms with Gasteiger partial charge in [-0.05, 0) is 67.6 Å². The summed E-state index contributed by atoms with van der Waals surface area (Å²) in [6.07, 6.45) is -1.16. The van der Waals surface area contributed by atoms with Crippen molar-refractivity contribution in [1.29, 1.82) is 0 Å². The Kier molecular flexibility index (Phi) is 13.9. The van der Waals surface area contributed by atoms with Crippen molar-refractivity contribution in [3.63, 3.8) is 0 Å². The van der Waals surface area contributed by atoms with E-state index < -0.39 is 89.9 Å². The van der Waals surface area contributed by atoms with Gasteiger partial charge in [0.25, 0.3) is 5.91 Å². The average molecular weight is 743 g/mol. The molecule has 0 radical (unpaired) electrons. The minimum Gasteiger partial charge on any atom is -0.497 e. The maximum Gasteiger partial charge on any atom is 0.329 e. The van der Waals surface area contributed by atoms with Crippen molar-refractivity contribution < 1.29 is 48.1 Å². The SMILES string of the molecule is COc1ccc(C[C@H]2C(=O)OC3(CC3)CC(=O)NC(C(C)C)[C@@H](O)CC(=O)O[C@@H](C(C)C)C(=O)N[C@@H](CC(C)C)C(=O)N3CCC[C@H]3C(=O)N2C)cc1. The number of aliphatic hydroxyl groups excluding tert-OH is 1. The van der Waals surface area contributed by atoms with Gasteiger partial charge in [-0.3, -0.25) is 24.0 Å². The molecule has 0 aromatic heterocycles. The molecule has 2 saturated heterocycles. The van der Waals surface area contributed by atoms with Gasteiger partial charge in [-0.2, -0.15) is 0 Å². The second kappa shape index (κ2) is 17.7. The summed E-state index contributed by atoms with van der Waals surface area (Å²) in [7, 11) is 3.07. The quantitative estimate of drug-likeness (QED) is 0.352. The third-order valence-electron chi connectivity index (χ3n) is 10.4. The number of hydrogen-bond donors (Lipinski definition) is 3. The molecule has 3 aliphatic rings. The molecule has 14 heteroatoms. The van der Waals surface area contributed by atoms with Crippen LogP contribution in [-0.4, -0.2) is 113 Å². The molecule has 14 nitrogen and oxygen atoms in total. The lowest BCUT2D eigenvalue weighted by atomic mass is 9.95. The summed E-state index contributed by atoms with van der Waals surface area (Å²) in [6, 6.07) is 3.25. The molecule has 1 saturated carbocycles. The molecular weight excluding hydrogens is 684 g/mol. The first-order valence-corrected chi connectivity index (χ1v) is 18.9. The van der Waals surface area contributed by atoms with E-state index in [1.54, 1.807) is 59.1 Å². The number of likely N-dealkylation sites (N-methyl/N-ethyl adjacent to an activating group) is 1. The summed E-state index contributed by atoms with van der Waals surface area (Å²) in [5, 5.41) is 16.7. The van der Waals surface area contributed by atoms with Crippen LogP contribution in [0.5, 0.6) is 5.75 Å². The molecule has 3 fully saturated rings. The number of cyclic esters (lactones) is 1. The van der Waals surface area contributed by atoms with Gasteiger partial charge in [0.2, 0.25) is 17.7 Å². The average Bonchev–Trinajstić information content (AvgIpc) is 3.65. The van der Waals surface area contributed by atoms with Gasteiger partial charge < -0.3 is 39.8 Å². The Morgan fingerprint density at radius 1 is 0.943 bits per heavy atom. The smallest absolute Gasteiger partial charge is 0.329 e. The lowest BCUT2D eigenvalue weighted by Gasteiger charge is -2.35. The molecule has 3 N–H and O–H groups in total. The van der Waals surface area contributed by atoms with E-state index in [-0.39, 0.29) is 37.6 Å². The van der Waals surface area contributed by atoms with Crippen LogP contribution >= 0.6 is 0 Å². The first kappa shape index (κ1) is 41.6. The number of fused-ring (bicyclic) bond motifs is 1. The molecule has 2 aliphatic heterocycles. The number of benzene rings is 1. The Hall–Kier alpha value is -4.20. The molecule has 294 valence electrons. The molecule has 1 aromatic rings. The minimum absolute atomic E-state index is 0.0186. The topological polar surface area (TPSA) is 181 Å². The van der Waals surface area contributed by atoms with Crippen LogP contribution in [-0.2, 0) is 44.7 Å². The number of hydrogen-bond acceptors (Lipinski definition) is 10. The fourth-order valence-electron chi connectivity index (χ4n) is 7.14. The standard InChI is InChI=1S/C39H58N4O10/c1-22(2)18-27-36(48)43-17-9-10-28(43)37(49)42(7)29(19-25-11-13-26(51-8)14-12-25)38(50)53-39(15-16-39)21-31(45)41-33(23(3)4)30(44)20-32(46)52-34(24(5)6)35(47)40-27/h11-14,22-24,27-30,33-34,44H,9-10,15-21H2,1-8H3,(H,40,47)(H,41,45)/t27-,28-,29-,30-,33?,34-/m0/s1. The van der Waals surface area contributed by atoms with Crippen LogP contribution < -0.4 is 15.4 Å². The van der Waals surface area contributed by atoms with E-state index in [1.165, 1.54) is 16.8 Å². The van der Waals surface area contributed by atoms with Crippen LogP contribution in [0.2, 0.25) is 0 Å². The van der Waals surface area contributed by atoms with Gasteiger partial charge in [-0.1, -0.05) is 53.7 Å².